The van der Waals surface area contributed by atoms with Gasteiger partial charge in [-0.2, -0.15) is 5.10 Å². The molecule has 0 aliphatic rings. The Balaban J connectivity index is 2.21. The van der Waals surface area contributed by atoms with Crippen LogP contribution in [0, 0.1) is 6.92 Å². The van der Waals surface area contributed by atoms with Crippen LogP contribution in [0.4, 0.5) is 0 Å². The first-order valence-electron chi connectivity index (χ1n) is 7.50. The number of fused-ring (bicyclic) bond motifs is 1. The third-order valence-electron chi connectivity index (χ3n) is 3.84. The van der Waals surface area contributed by atoms with Crippen molar-refractivity contribution in [3.8, 4) is 11.1 Å². The van der Waals surface area contributed by atoms with E-state index in [0.717, 1.165) is 22.0 Å². The molecule has 0 atom stereocenters. The molecule has 0 unspecified atom stereocenters. The third-order valence-corrected chi connectivity index (χ3v) is 3.84. The topological polar surface area (TPSA) is 98.0 Å². The van der Waals surface area contributed by atoms with Gasteiger partial charge in [0.1, 0.15) is 5.69 Å². The van der Waals surface area contributed by atoms with E-state index in [0.29, 0.717) is 17.8 Å². The minimum atomic E-state index is -1.17. The van der Waals surface area contributed by atoms with Crippen molar-refractivity contribution in [3.63, 3.8) is 0 Å². The molecule has 0 aliphatic heterocycles. The maximum Gasteiger partial charge on any atom is 0.373 e. The van der Waals surface area contributed by atoms with E-state index in [2.05, 4.69) is 15.1 Å². The maximum atomic E-state index is 11.9. The SMILES string of the molecule is CCn1nc(C(C)=O)c2cc(-c3cnc(C(=O)O)nc3)cc(C)c21. The van der Waals surface area contributed by atoms with Crippen LogP contribution in [0.2, 0.25) is 0 Å². The van der Waals surface area contributed by atoms with E-state index < -0.39 is 5.97 Å². The Morgan fingerprint density at radius 3 is 2.38 bits per heavy atom. The van der Waals surface area contributed by atoms with Crippen LogP contribution in [0.15, 0.2) is 24.5 Å². The van der Waals surface area contributed by atoms with Gasteiger partial charge in [0.15, 0.2) is 5.78 Å². The third kappa shape index (κ3) is 2.54. The molecular formula is C17H16N4O3. The van der Waals surface area contributed by atoms with Crippen molar-refractivity contribution in [2.45, 2.75) is 27.3 Å². The molecule has 0 saturated heterocycles. The number of Topliss-reactive ketones (excluding diaryl/α,β-unsaturated/α-hetero) is 1. The van der Waals surface area contributed by atoms with E-state index in [1.807, 2.05) is 30.7 Å². The number of carboxylic acid groups (broad SMARTS) is 1. The number of hydrogen-bond acceptors (Lipinski definition) is 5. The zero-order valence-corrected chi connectivity index (χ0v) is 13.6. The molecule has 7 nitrogen and oxygen atoms in total. The Morgan fingerprint density at radius 1 is 1.17 bits per heavy atom. The van der Waals surface area contributed by atoms with Crippen molar-refractivity contribution in [1.29, 1.82) is 0 Å². The minimum Gasteiger partial charge on any atom is -0.475 e. The van der Waals surface area contributed by atoms with E-state index in [9.17, 15) is 9.59 Å². The van der Waals surface area contributed by atoms with Crippen LogP contribution in [0.3, 0.4) is 0 Å². The molecule has 24 heavy (non-hydrogen) atoms. The Kier molecular flexibility index (Phi) is 3.84. The summed E-state index contributed by atoms with van der Waals surface area (Å²) in [5, 5.41) is 14.1. The van der Waals surface area contributed by atoms with E-state index >= 15 is 0 Å². The van der Waals surface area contributed by atoms with Gasteiger partial charge in [0.2, 0.25) is 5.82 Å². The summed E-state index contributed by atoms with van der Waals surface area (Å²) >= 11 is 0. The molecule has 0 saturated carbocycles. The number of rotatable bonds is 4. The lowest BCUT2D eigenvalue weighted by atomic mass is 10.0. The fourth-order valence-corrected chi connectivity index (χ4v) is 2.77. The number of carboxylic acids is 1. The summed E-state index contributed by atoms with van der Waals surface area (Å²) in [4.78, 5) is 30.5. The van der Waals surface area contributed by atoms with Crippen molar-refractivity contribution in [3.05, 3.63) is 41.6 Å². The number of nitrogens with zero attached hydrogens (tertiary/aromatic N) is 4. The van der Waals surface area contributed by atoms with Crippen LogP contribution in [-0.2, 0) is 6.54 Å². The van der Waals surface area contributed by atoms with Crippen molar-refractivity contribution in [2.24, 2.45) is 0 Å². The molecule has 0 amide bonds. The number of aromatic carboxylic acids is 1. The van der Waals surface area contributed by atoms with E-state index in [1.165, 1.54) is 19.3 Å². The summed E-state index contributed by atoms with van der Waals surface area (Å²) in [6, 6.07) is 3.83. The van der Waals surface area contributed by atoms with Crippen LogP contribution in [0.1, 0.15) is 40.5 Å². The maximum absolute atomic E-state index is 11.9. The smallest absolute Gasteiger partial charge is 0.373 e. The van der Waals surface area contributed by atoms with Gasteiger partial charge in [-0.1, -0.05) is 0 Å². The summed E-state index contributed by atoms with van der Waals surface area (Å²) in [6.45, 7) is 6.09. The molecule has 1 aromatic carbocycles. The van der Waals surface area contributed by atoms with E-state index in [1.54, 1.807) is 0 Å². The summed E-state index contributed by atoms with van der Waals surface area (Å²) in [6.07, 6.45) is 2.93. The summed E-state index contributed by atoms with van der Waals surface area (Å²) in [5.74, 6) is -1.52. The Morgan fingerprint density at radius 2 is 1.83 bits per heavy atom. The van der Waals surface area contributed by atoms with Crippen molar-refractivity contribution >= 4 is 22.7 Å². The second-order valence-corrected chi connectivity index (χ2v) is 5.51. The highest BCUT2D eigenvalue weighted by Crippen LogP contribution is 2.29. The van der Waals surface area contributed by atoms with E-state index in [-0.39, 0.29) is 11.6 Å². The van der Waals surface area contributed by atoms with Gasteiger partial charge < -0.3 is 5.11 Å². The number of aryl methyl sites for hydroxylation is 2. The number of benzene rings is 1. The van der Waals surface area contributed by atoms with Gasteiger partial charge in [-0.25, -0.2) is 14.8 Å². The lowest BCUT2D eigenvalue weighted by Gasteiger charge is -2.07. The average Bonchev–Trinajstić information content (AvgIpc) is 2.94. The summed E-state index contributed by atoms with van der Waals surface area (Å²) in [7, 11) is 0. The predicted molar refractivity (Wildman–Crippen MR) is 88.1 cm³/mol. The minimum absolute atomic E-state index is 0.0961. The van der Waals surface area contributed by atoms with Crippen LogP contribution in [0.5, 0.6) is 0 Å². The average molecular weight is 324 g/mol. The quantitative estimate of drug-likeness (QED) is 0.741. The molecule has 0 radical (unpaired) electrons. The highest BCUT2D eigenvalue weighted by atomic mass is 16.4. The summed E-state index contributed by atoms with van der Waals surface area (Å²) < 4.78 is 1.81. The molecule has 0 bridgehead atoms. The highest BCUT2D eigenvalue weighted by molar-refractivity contribution is 6.06. The Hall–Kier alpha value is -3.09. The largest absolute Gasteiger partial charge is 0.475 e. The normalized spacial score (nSPS) is 11.0. The standard InChI is InChI=1S/C17H16N4O3/c1-4-21-15-9(2)5-11(6-13(15)14(20-21)10(3)22)12-7-18-16(17(23)24)19-8-12/h5-8H,4H2,1-3H3,(H,23,24). The van der Waals surface area contributed by atoms with Crippen LogP contribution < -0.4 is 0 Å². The molecule has 3 aromatic rings. The fraction of sp³-hybridized carbons (Fsp3) is 0.235. The number of aromatic nitrogens is 4. The van der Waals surface area contributed by atoms with Gasteiger partial charge in [0, 0.05) is 36.8 Å². The zero-order chi connectivity index (χ0) is 17.4. The fourth-order valence-electron chi connectivity index (χ4n) is 2.77. The van der Waals surface area contributed by atoms with Gasteiger partial charge in [-0.15, -0.1) is 0 Å². The zero-order valence-electron chi connectivity index (χ0n) is 13.6. The van der Waals surface area contributed by atoms with Crippen molar-refractivity contribution in [2.75, 3.05) is 0 Å². The molecule has 7 heteroatoms. The number of carbonyl (C=O) groups excluding carboxylic acids is 1. The number of carbonyl (C=O) groups is 2. The monoisotopic (exact) mass is 324 g/mol. The van der Waals surface area contributed by atoms with Crippen molar-refractivity contribution in [1.82, 2.24) is 19.7 Å². The molecule has 122 valence electrons. The van der Waals surface area contributed by atoms with Gasteiger partial charge in [0.25, 0.3) is 0 Å². The first kappa shape index (κ1) is 15.8. The van der Waals surface area contributed by atoms with Gasteiger partial charge >= 0.3 is 5.97 Å². The van der Waals surface area contributed by atoms with Crippen LogP contribution in [-0.4, -0.2) is 36.6 Å². The molecule has 1 N–H and O–H groups in total. The van der Waals surface area contributed by atoms with E-state index in [4.69, 9.17) is 5.11 Å². The molecule has 3 rings (SSSR count). The molecule has 0 fully saturated rings. The summed E-state index contributed by atoms with van der Waals surface area (Å²) in [5.41, 5.74) is 3.83. The lowest BCUT2D eigenvalue weighted by molar-refractivity contribution is 0.0683. The Labute approximate surface area is 138 Å². The van der Waals surface area contributed by atoms with Gasteiger partial charge in [0.05, 0.1) is 5.52 Å². The van der Waals surface area contributed by atoms with Crippen LogP contribution in [0.25, 0.3) is 22.0 Å². The Bertz CT molecular complexity index is 958. The predicted octanol–water partition coefficient (Wildman–Crippen LogP) is 2.72. The molecule has 2 aromatic heterocycles. The first-order chi connectivity index (χ1) is 11.4. The molecule has 2 heterocycles. The second-order valence-electron chi connectivity index (χ2n) is 5.51. The highest BCUT2D eigenvalue weighted by Gasteiger charge is 2.17. The number of ketones is 1. The molecular weight excluding hydrogens is 308 g/mol. The van der Waals surface area contributed by atoms with Gasteiger partial charge in [-0.05, 0) is 37.1 Å². The first-order valence-corrected chi connectivity index (χ1v) is 7.50. The van der Waals surface area contributed by atoms with Crippen molar-refractivity contribution < 1.29 is 14.7 Å². The lowest BCUT2D eigenvalue weighted by Crippen LogP contribution is -2.03. The molecule has 0 aliphatic carbocycles. The van der Waals surface area contributed by atoms with Crippen LogP contribution >= 0.6 is 0 Å². The second kappa shape index (κ2) is 5.84. The van der Waals surface area contributed by atoms with Gasteiger partial charge in [-0.3, -0.25) is 9.48 Å². The number of hydrogen-bond donors (Lipinski definition) is 1. The molecule has 0 spiro atoms.